The van der Waals surface area contributed by atoms with Gasteiger partial charge in [-0.05, 0) is 29.8 Å². The number of rotatable bonds is 4. The Hall–Kier alpha value is -3.00. The monoisotopic (exact) mass is 369 g/mol. The summed E-state index contributed by atoms with van der Waals surface area (Å²) in [6, 6.07) is 11.1. The number of nitrogens with one attached hydrogen (secondary N) is 1. The molecule has 1 amide bonds. The van der Waals surface area contributed by atoms with Gasteiger partial charge in [-0.15, -0.1) is 0 Å². The molecule has 0 saturated heterocycles. The second kappa shape index (κ2) is 6.72. The molecule has 0 aliphatic carbocycles. The summed E-state index contributed by atoms with van der Waals surface area (Å²) in [5, 5.41) is 2.91. The minimum Gasteiger partial charge on any atom is -0.482 e. The lowest BCUT2D eigenvalue weighted by atomic mass is 9.84. The van der Waals surface area contributed by atoms with E-state index in [2.05, 4.69) is 18.8 Å². The Kier molecular flexibility index (Phi) is 4.26. The van der Waals surface area contributed by atoms with Gasteiger partial charge in [-0.25, -0.2) is 4.79 Å². The van der Waals surface area contributed by atoms with Crippen LogP contribution in [0.3, 0.4) is 0 Å². The van der Waals surface area contributed by atoms with E-state index >= 15 is 0 Å². The molecule has 132 valence electrons. The molecule has 1 aromatic heterocycles. The number of carbonyl (C=O) groups excluding carboxylic acids is 2. The molecule has 1 aliphatic rings. The van der Waals surface area contributed by atoms with Crippen LogP contribution in [0.25, 0.3) is 11.0 Å². The molecule has 1 aliphatic heterocycles. The van der Waals surface area contributed by atoms with Crippen molar-refractivity contribution in [3.63, 3.8) is 0 Å². The summed E-state index contributed by atoms with van der Waals surface area (Å²) in [5.74, 6) is -0.0180. The van der Waals surface area contributed by atoms with Gasteiger partial charge in [-0.2, -0.15) is 8.75 Å². The highest BCUT2D eigenvalue weighted by atomic mass is 32.1. The van der Waals surface area contributed by atoms with Gasteiger partial charge in [0.15, 0.2) is 6.61 Å². The molecule has 0 saturated carbocycles. The Morgan fingerprint density at radius 2 is 2.04 bits per heavy atom. The van der Waals surface area contributed by atoms with Crippen LogP contribution in [-0.2, 0) is 14.3 Å². The molecule has 2 aromatic carbocycles. The fraction of sp³-hybridized carbons (Fsp3) is 0.222. The summed E-state index contributed by atoms with van der Waals surface area (Å²) in [4.78, 5) is 23.3. The van der Waals surface area contributed by atoms with E-state index in [1.54, 1.807) is 12.1 Å². The van der Waals surface area contributed by atoms with Crippen molar-refractivity contribution in [2.45, 2.75) is 12.3 Å². The summed E-state index contributed by atoms with van der Waals surface area (Å²) in [6.45, 7) is -0.143. The van der Waals surface area contributed by atoms with Crippen LogP contribution in [0, 0.1) is 0 Å². The predicted octanol–water partition coefficient (Wildman–Crippen LogP) is 2.72. The van der Waals surface area contributed by atoms with Gasteiger partial charge in [0.25, 0.3) is 0 Å². The van der Waals surface area contributed by atoms with Gasteiger partial charge in [0, 0.05) is 23.6 Å². The Bertz CT molecular complexity index is 984. The zero-order chi connectivity index (χ0) is 18.1. The van der Waals surface area contributed by atoms with Crippen molar-refractivity contribution in [1.82, 2.24) is 8.75 Å². The summed E-state index contributed by atoms with van der Waals surface area (Å²) < 4.78 is 18.6. The number of methoxy groups -OCH3 is 1. The van der Waals surface area contributed by atoms with Crippen LogP contribution < -0.4 is 10.1 Å². The first-order valence-electron chi connectivity index (χ1n) is 8.00. The first-order valence-corrected chi connectivity index (χ1v) is 8.73. The number of fused-ring (bicyclic) bond motifs is 3. The Morgan fingerprint density at radius 1 is 1.23 bits per heavy atom. The number of amides is 1. The molecule has 0 bridgehead atoms. The smallest absolute Gasteiger partial charge is 0.343 e. The van der Waals surface area contributed by atoms with E-state index in [1.165, 1.54) is 7.11 Å². The van der Waals surface area contributed by atoms with E-state index in [1.807, 2.05) is 24.3 Å². The average Bonchev–Trinajstić information content (AvgIpc) is 3.14. The highest BCUT2D eigenvalue weighted by Gasteiger charge is 2.29. The fourth-order valence-electron chi connectivity index (χ4n) is 3.10. The lowest BCUT2D eigenvalue weighted by Crippen LogP contribution is -2.23. The van der Waals surface area contributed by atoms with Crippen molar-refractivity contribution >= 4 is 40.3 Å². The number of esters is 1. The third kappa shape index (κ3) is 2.99. The number of carbonyl (C=O) groups is 2. The largest absolute Gasteiger partial charge is 0.482 e. The molecule has 0 radical (unpaired) electrons. The van der Waals surface area contributed by atoms with Crippen LogP contribution in [0.2, 0.25) is 0 Å². The van der Waals surface area contributed by atoms with Crippen LogP contribution in [-0.4, -0.2) is 34.3 Å². The van der Waals surface area contributed by atoms with Gasteiger partial charge in [0.05, 0.1) is 18.8 Å². The van der Waals surface area contributed by atoms with Gasteiger partial charge in [-0.3, -0.25) is 4.79 Å². The molecule has 3 aromatic rings. The lowest BCUT2D eigenvalue weighted by Gasteiger charge is -2.26. The minimum atomic E-state index is -0.439. The summed E-state index contributed by atoms with van der Waals surface area (Å²) in [7, 11) is 1.31. The molecule has 7 nitrogen and oxygen atoms in total. The van der Waals surface area contributed by atoms with E-state index in [4.69, 9.17) is 4.74 Å². The number of benzene rings is 2. The Morgan fingerprint density at radius 3 is 2.81 bits per heavy atom. The molecular formula is C18H15N3O4S. The van der Waals surface area contributed by atoms with E-state index in [-0.39, 0.29) is 18.4 Å². The normalized spacial score (nSPS) is 16.0. The Labute approximate surface area is 153 Å². The first kappa shape index (κ1) is 16.5. The van der Waals surface area contributed by atoms with Crippen molar-refractivity contribution in [2.75, 3.05) is 19.0 Å². The van der Waals surface area contributed by atoms with Crippen molar-refractivity contribution in [3.05, 3.63) is 47.5 Å². The predicted molar refractivity (Wildman–Crippen MR) is 96.5 cm³/mol. The van der Waals surface area contributed by atoms with Crippen molar-refractivity contribution in [1.29, 1.82) is 0 Å². The number of anilines is 1. The zero-order valence-corrected chi connectivity index (χ0v) is 14.7. The summed E-state index contributed by atoms with van der Waals surface area (Å²) in [5.41, 5.74) is 4.39. The molecule has 1 N–H and O–H groups in total. The molecule has 8 heteroatoms. The summed E-state index contributed by atoms with van der Waals surface area (Å²) in [6.07, 6.45) is 0.339. The number of hydrogen-bond acceptors (Lipinski definition) is 7. The SMILES string of the molecule is COC(=O)COc1ccc([C@@H]2CC(=O)Nc3ccc4nsnc4c32)cc1. The van der Waals surface area contributed by atoms with E-state index in [0.717, 1.165) is 39.6 Å². The molecule has 1 atom stereocenters. The highest BCUT2D eigenvalue weighted by Crippen LogP contribution is 2.41. The van der Waals surface area contributed by atoms with Crippen LogP contribution >= 0.6 is 11.7 Å². The number of nitrogens with zero attached hydrogens (tertiary/aromatic N) is 2. The first-order chi connectivity index (χ1) is 12.7. The maximum atomic E-state index is 12.1. The second-order valence-electron chi connectivity index (χ2n) is 5.90. The number of ether oxygens (including phenoxy) is 2. The highest BCUT2D eigenvalue weighted by molar-refractivity contribution is 7.00. The maximum absolute atomic E-state index is 12.1. The summed E-state index contributed by atoms with van der Waals surface area (Å²) >= 11 is 1.16. The van der Waals surface area contributed by atoms with Crippen LogP contribution in [0.1, 0.15) is 23.5 Å². The standard InChI is InChI=1S/C18H15N3O4S/c1-24-16(23)9-25-11-4-2-10(3-5-11)12-8-15(22)19-13-6-7-14-18(17(12)13)21-26-20-14/h2-7,12H,8-9H2,1H3,(H,19,22)/t12-/m0/s1. The van der Waals surface area contributed by atoms with Crippen LogP contribution in [0.15, 0.2) is 36.4 Å². The Balaban J connectivity index is 1.67. The fourth-order valence-corrected chi connectivity index (χ4v) is 3.65. The molecule has 0 spiro atoms. The van der Waals surface area contributed by atoms with E-state index in [9.17, 15) is 9.59 Å². The maximum Gasteiger partial charge on any atom is 0.343 e. The third-order valence-electron chi connectivity index (χ3n) is 4.35. The van der Waals surface area contributed by atoms with Gasteiger partial charge >= 0.3 is 5.97 Å². The van der Waals surface area contributed by atoms with Crippen LogP contribution in [0.5, 0.6) is 5.75 Å². The number of aromatic nitrogens is 2. The molecule has 0 unspecified atom stereocenters. The quantitative estimate of drug-likeness (QED) is 0.711. The minimum absolute atomic E-state index is 0.0314. The van der Waals surface area contributed by atoms with Gasteiger partial charge in [-0.1, -0.05) is 12.1 Å². The van der Waals surface area contributed by atoms with Gasteiger partial charge in [0.1, 0.15) is 16.8 Å². The van der Waals surface area contributed by atoms with Gasteiger partial charge < -0.3 is 14.8 Å². The second-order valence-corrected chi connectivity index (χ2v) is 6.43. The molecule has 26 heavy (non-hydrogen) atoms. The zero-order valence-electron chi connectivity index (χ0n) is 13.9. The lowest BCUT2D eigenvalue weighted by molar-refractivity contribution is -0.142. The van der Waals surface area contributed by atoms with Crippen LogP contribution in [0.4, 0.5) is 5.69 Å². The molecule has 0 fully saturated rings. The molecule has 2 heterocycles. The molecule has 4 rings (SSSR count). The molecular weight excluding hydrogens is 354 g/mol. The average molecular weight is 369 g/mol. The van der Waals surface area contributed by atoms with Crippen molar-refractivity contribution in [2.24, 2.45) is 0 Å². The van der Waals surface area contributed by atoms with Crippen molar-refractivity contribution in [3.8, 4) is 5.75 Å². The van der Waals surface area contributed by atoms with E-state index in [0.29, 0.717) is 12.2 Å². The topological polar surface area (TPSA) is 90.4 Å². The van der Waals surface area contributed by atoms with E-state index < -0.39 is 5.97 Å². The van der Waals surface area contributed by atoms with Gasteiger partial charge in [0.2, 0.25) is 5.91 Å². The van der Waals surface area contributed by atoms with Crippen molar-refractivity contribution < 1.29 is 19.1 Å². The third-order valence-corrected chi connectivity index (χ3v) is 4.89. The number of hydrogen-bond donors (Lipinski definition) is 1.